The van der Waals surface area contributed by atoms with Crippen LogP contribution >= 0.6 is 0 Å². The van der Waals surface area contributed by atoms with E-state index in [4.69, 9.17) is 5.11 Å². The second-order valence-electron chi connectivity index (χ2n) is 1.97. The molecular formula is C5H9NO2. The molecule has 3 nitrogen and oxygen atoms in total. The van der Waals surface area contributed by atoms with Crippen LogP contribution in [-0.2, 0) is 4.79 Å². The molecule has 1 fully saturated rings. The summed E-state index contributed by atoms with van der Waals surface area (Å²) in [6.07, 6.45) is 0.639. The highest BCUT2D eigenvalue weighted by molar-refractivity contribution is 5.81. The van der Waals surface area contributed by atoms with Crippen LogP contribution in [0.15, 0.2) is 0 Å². The van der Waals surface area contributed by atoms with Gasteiger partial charge in [-0.1, -0.05) is 0 Å². The molecule has 0 aliphatic carbocycles. The molecule has 1 aliphatic heterocycles. The van der Waals surface area contributed by atoms with Gasteiger partial charge >= 0.3 is 0 Å². The highest BCUT2D eigenvalue weighted by Crippen LogP contribution is 1.99. The Kier molecular flexibility index (Phi) is 1.60. The summed E-state index contributed by atoms with van der Waals surface area (Å²) in [4.78, 5) is 10.4. The lowest BCUT2D eigenvalue weighted by Crippen LogP contribution is -2.38. The van der Waals surface area contributed by atoms with Crippen LogP contribution < -0.4 is 5.32 Å². The molecule has 1 atom stereocenters. The Morgan fingerprint density at radius 3 is 2.88 bits per heavy atom. The average Bonchev–Trinajstić information content (AvgIpc) is 1.77. The minimum Gasteiger partial charge on any atom is -0.379 e. The topological polar surface area (TPSA) is 49.3 Å². The fraction of sp³-hybridized carbons (Fsp3) is 0.800. The van der Waals surface area contributed by atoms with E-state index in [1.54, 1.807) is 0 Å². The number of piperidine rings is 1. The number of aliphatic hydroxyl groups is 1. The average molecular weight is 115 g/mol. The first kappa shape index (κ1) is 5.72. The molecule has 1 unspecified atom stereocenters. The molecule has 0 amide bonds. The minimum absolute atomic E-state index is 0.190. The normalized spacial score (nSPS) is 30.6. The van der Waals surface area contributed by atoms with Crippen LogP contribution in [0.4, 0.5) is 0 Å². The number of nitrogens with one attached hydrogen (secondary N) is 1. The number of Topliss-reactive ketones (excluding diaryl/α,β-unsaturated/α-hetero) is 1. The first-order valence-corrected chi connectivity index (χ1v) is 2.72. The Bertz CT molecular complexity index is 92.6. The van der Waals surface area contributed by atoms with Crippen molar-refractivity contribution in [3.63, 3.8) is 0 Å². The summed E-state index contributed by atoms with van der Waals surface area (Å²) in [6, 6.07) is 0. The van der Waals surface area contributed by atoms with Crippen molar-refractivity contribution in [2.24, 2.45) is 0 Å². The van der Waals surface area contributed by atoms with E-state index in [9.17, 15) is 4.79 Å². The highest BCUT2D eigenvalue weighted by Gasteiger charge is 2.13. The monoisotopic (exact) mass is 115 g/mol. The van der Waals surface area contributed by atoms with E-state index in [2.05, 4.69) is 5.32 Å². The third-order valence-corrected chi connectivity index (χ3v) is 1.23. The molecule has 0 aromatic rings. The summed E-state index contributed by atoms with van der Waals surface area (Å²) >= 11 is 0. The first-order chi connectivity index (χ1) is 3.79. The summed E-state index contributed by atoms with van der Waals surface area (Å²) in [5.74, 6) is 0.190. The third-order valence-electron chi connectivity index (χ3n) is 1.23. The van der Waals surface area contributed by atoms with Crippen LogP contribution in [0.2, 0.25) is 0 Å². The van der Waals surface area contributed by atoms with Gasteiger partial charge in [-0.3, -0.25) is 10.1 Å². The molecule has 0 saturated carbocycles. The summed E-state index contributed by atoms with van der Waals surface area (Å²) in [6.45, 7) is 0.334. The third kappa shape index (κ3) is 1.28. The lowest BCUT2D eigenvalue weighted by Gasteiger charge is -2.16. The fourth-order valence-electron chi connectivity index (χ4n) is 0.720. The van der Waals surface area contributed by atoms with Gasteiger partial charge in [0.2, 0.25) is 0 Å². The van der Waals surface area contributed by atoms with Crippen LogP contribution in [0.25, 0.3) is 0 Å². The standard InChI is InChI=1S/C5H9NO2/c7-4-1-2-5(8)6-3-4/h5-6,8H,1-3H2. The lowest BCUT2D eigenvalue weighted by molar-refractivity contribution is -0.121. The van der Waals surface area contributed by atoms with E-state index in [-0.39, 0.29) is 5.78 Å². The highest BCUT2D eigenvalue weighted by atomic mass is 16.3. The van der Waals surface area contributed by atoms with Gasteiger partial charge in [-0.25, -0.2) is 0 Å². The van der Waals surface area contributed by atoms with Gasteiger partial charge in [0.05, 0.1) is 6.54 Å². The molecule has 8 heavy (non-hydrogen) atoms. The van der Waals surface area contributed by atoms with Crippen molar-refractivity contribution in [1.29, 1.82) is 0 Å². The molecule has 1 saturated heterocycles. The second-order valence-corrected chi connectivity index (χ2v) is 1.97. The quantitative estimate of drug-likeness (QED) is 0.437. The van der Waals surface area contributed by atoms with Crippen molar-refractivity contribution in [3.05, 3.63) is 0 Å². The SMILES string of the molecule is O=C1CCC(O)NC1. The van der Waals surface area contributed by atoms with E-state index in [0.717, 1.165) is 0 Å². The Labute approximate surface area is 47.7 Å². The molecule has 0 aromatic carbocycles. The van der Waals surface area contributed by atoms with Gasteiger partial charge in [0, 0.05) is 6.42 Å². The summed E-state index contributed by atoms with van der Waals surface area (Å²) in [7, 11) is 0. The number of hydrogen-bond acceptors (Lipinski definition) is 3. The molecule has 0 spiro atoms. The van der Waals surface area contributed by atoms with Crippen LogP contribution in [0.5, 0.6) is 0 Å². The van der Waals surface area contributed by atoms with Gasteiger partial charge in [-0.15, -0.1) is 0 Å². The second kappa shape index (κ2) is 2.24. The molecular weight excluding hydrogens is 106 g/mol. The van der Waals surface area contributed by atoms with Gasteiger partial charge in [-0.2, -0.15) is 0 Å². The molecule has 0 radical (unpaired) electrons. The predicted molar refractivity (Wildman–Crippen MR) is 28.3 cm³/mol. The number of carbonyl (C=O) groups excluding carboxylic acids is 1. The summed E-state index contributed by atoms with van der Waals surface area (Å²) < 4.78 is 0. The van der Waals surface area contributed by atoms with Gasteiger partial charge in [-0.05, 0) is 6.42 Å². The van der Waals surface area contributed by atoms with E-state index in [1.807, 2.05) is 0 Å². The Hall–Kier alpha value is -0.410. The van der Waals surface area contributed by atoms with Crippen molar-refractivity contribution < 1.29 is 9.90 Å². The van der Waals surface area contributed by atoms with E-state index in [1.165, 1.54) is 0 Å². The van der Waals surface area contributed by atoms with Crippen LogP contribution in [0, 0.1) is 0 Å². The van der Waals surface area contributed by atoms with Crippen LogP contribution in [0.3, 0.4) is 0 Å². The van der Waals surface area contributed by atoms with Crippen molar-refractivity contribution >= 4 is 5.78 Å². The number of rotatable bonds is 0. The maximum Gasteiger partial charge on any atom is 0.146 e. The Balaban J connectivity index is 2.29. The Morgan fingerprint density at radius 1 is 1.75 bits per heavy atom. The Morgan fingerprint density at radius 2 is 2.50 bits per heavy atom. The predicted octanol–water partition coefficient (Wildman–Crippen LogP) is -0.743. The zero-order chi connectivity index (χ0) is 5.98. The smallest absolute Gasteiger partial charge is 0.146 e. The van der Waals surface area contributed by atoms with Crippen molar-refractivity contribution in [2.75, 3.05) is 6.54 Å². The maximum absolute atomic E-state index is 10.4. The molecule has 1 heterocycles. The van der Waals surface area contributed by atoms with Gasteiger partial charge in [0.1, 0.15) is 12.0 Å². The van der Waals surface area contributed by atoms with E-state index >= 15 is 0 Å². The molecule has 1 aliphatic rings. The zero-order valence-electron chi connectivity index (χ0n) is 4.55. The van der Waals surface area contributed by atoms with E-state index in [0.29, 0.717) is 19.4 Å². The van der Waals surface area contributed by atoms with Crippen molar-refractivity contribution in [2.45, 2.75) is 19.1 Å². The molecule has 2 N–H and O–H groups in total. The number of carbonyl (C=O) groups is 1. The number of aliphatic hydroxyl groups excluding tert-OH is 1. The maximum atomic E-state index is 10.4. The van der Waals surface area contributed by atoms with Crippen LogP contribution in [-0.4, -0.2) is 23.7 Å². The molecule has 46 valence electrons. The lowest BCUT2D eigenvalue weighted by atomic mass is 10.1. The largest absolute Gasteiger partial charge is 0.379 e. The summed E-state index contributed by atoms with van der Waals surface area (Å²) in [5, 5.41) is 11.4. The van der Waals surface area contributed by atoms with Gasteiger partial charge < -0.3 is 5.11 Å². The van der Waals surface area contributed by atoms with Gasteiger partial charge in [0.25, 0.3) is 0 Å². The van der Waals surface area contributed by atoms with E-state index < -0.39 is 6.23 Å². The van der Waals surface area contributed by atoms with Crippen LogP contribution in [0.1, 0.15) is 12.8 Å². The zero-order valence-corrected chi connectivity index (χ0v) is 4.55. The minimum atomic E-state index is -0.451. The number of hydrogen-bond donors (Lipinski definition) is 2. The van der Waals surface area contributed by atoms with Crippen molar-refractivity contribution in [1.82, 2.24) is 5.32 Å². The molecule has 1 rings (SSSR count). The van der Waals surface area contributed by atoms with Crippen molar-refractivity contribution in [3.8, 4) is 0 Å². The molecule has 0 bridgehead atoms. The fourth-order valence-corrected chi connectivity index (χ4v) is 0.720. The molecule has 3 heteroatoms. The number of ketones is 1. The summed E-state index contributed by atoms with van der Waals surface area (Å²) in [5.41, 5.74) is 0. The first-order valence-electron chi connectivity index (χ1n) is 2.72. The molecule has 0 aromatic heterocycles. The van der Waals surface area contributed by atoms with Gasteiger partial charge in [0.15, 0.2) is 0 Å².